The van der Waals surface area contributed by atoms with Gasteiger partial charge in [-0.05, 0) is 27.3 Å². The van der Waals surface area contributed by atoms with Crippen molar-refractivity contribution in [3.05, 3.63) is 17.7 Å². The van der Waals surface area contributed by atoms with Crippen LogP contribution in [0, 0.1) is 13.8 Å². The normalized spacial score (nSPS) is 13.1. The summed E-state index contributed by atoms with van der Waals surface area (Å²) in [6.45, 7) is 5.15. The molecule has 0 spiro atoms. The van der Waals surface area contributed by atoms with E-state index in [9.17, 15) is 0 Å². The Morgan fingerprint density at radius 2 is 2.29 bits per heavy atom. The number of likely N-dealkylation sites (N-methyl/N-ethyl adjacent to an activating group) is 1. The van der Waals surface area contributed by atoms with Crippen LogP contribution in [-0.4, -0.2) is 34.4 Å². The molecular formula is C10H19N3O. The van der Waals surface area contributed by atoms with Crippen molar-refractivity contribution in [1.82, 2.24) is 14.9 Å². The smallest absolute Gasteiger partial charge is 0.0951 e. The molecule has 0 amide bonds. The van der Waals surface area contributed by atoms with Crippen molar-refractivity contribution in [2.24, 2.45) is 0 Å². The van der Waals surface area contributed by atoms with Gasteiger partial charge >= 0.3 is 0 Å². The minimum absolute atomic E-state index is 0.220. The van der Waals surface area contributed by atoms with Crippen molar-refractivity contribution in [3.8, 4) is 0 Å². The van der Waals surface area contributed by atoms with E-state index in [1.165, 1.54) is 5.69 Å². The van der Waals surface area contributed by atoms with Gasteiger partial charge in [-0.1, -0.05) is 0 Å². The number of rotatable bonds is 5. The van der Waals surface area contributed by atoms with Crippen molar-refractivity contribution in [1.29, 1.82) is 0 Å². The molecule has 2 N–H and O–H groups in total. The van der Waals surface area contributed by atoms with E-state index in [-0.39, 0.29) is 6.61 Å². The minimum atomic E-state index is 0.220. The zero-order valence-electron chi connectivity index (χ0n) is 9.12. The maximum Gasteiger partial charge on any atom is 0.0951 e. The highest BCUT2D eigenvalue weighted by atomic mass is 16.3. The van der Waals surface area contributed by atoms with Gasteiger partial charge in [0.2, 0.25) is 0 Å². The number of imidazole rings is 1. The summed E-state index contributed by atoms with van der Waals surface area (Å²) in [4.78, 5) is 4.24. The molecule has 4 nitrogen and oxygen atoms in total. The van der Waals surface area contributed by atoms with E-state index in [1.807, 2.05) is 20.3 Å². The molecule has 0 aromatic carbocycles. The number of hydrogen-bond acceptors (Lipinski definition) is 3. The Balaban J connectivity index is 2.62. The quantitative estimate of drug-likeness (QED) is 0.721. The summed E-state index contributed by atoms with van der Waals surface area (Å²) in [5.74, 6) is 0. The van der Waals surface area contributed by atoms with Crippen molar-refractivity contribution in [2.45, 2.75) is 32.9 Å². The molecule has 1 aromatic heterocycles. The van der Waals surface area contributed by atoms with Gasteiger partial charge in [0.1, 0.15) is 0 Å². The summed E-state index contributed by atoms with van der Waals surface area (Å²) in [7, 11) is 1.92. The van der Waals surface area contributed by atoms with Gasteiger partial charge in [-0.15, -0.1) is 0 Å². The number of aromatic nitrogens is 2. The third-order valence-corrected chi connectivity index (χ3v) is 2.65. The lowest BCUT2D eigenvalue weighted by atomic mass is 10.2. The van der Waals surface area contributed by atoms with Crippen molar-refractivity contribution >= 4 is 0 Å². The first-order chi connectivity index (χ1) is 6.69. The topological polar surface area (TPSA) is 50.1 Å². The number of aliphatic hydroxyl groups excluding tert-OH is 1. The first kappa shape index (κ1) is 11.2. The summed E-state index contributed by atoms with van der Waals surface area (Å²) in [6.07, 6.45) is 2.62. The Kier molecular flexibility index (Phi) is 4.10. The monoisotopic (exact) mass is 197 g/mol. The summed E-state index contributed by atoms with van der Waals surface area (Å²) >= 11 is 0. The summed E-state index contributed by atoms with van der Waals surface area (Å²) in [5.41, 5.74) is 2.27. The second-order valence-corrected chi connectivity index (χ2v) is 3.57. The standard InChI is InChI=1S/C10H19N3O/c1-8-9(2)13(7-12-8)6-10(11-3)4-5-14/h7,10-11,14H,4-6H2,1-3H3. The molecule has 0 aliphatic rings. The van der Waals surface area contributed by atoms with E-state index < -0.39 is 0 Å². The Morgan fingerprint density at radius 1 is 1.57 bits per heavy atom. The average molecular weight is 197 g/mol. The molecular weight excluding hydrogens is 178 g/mol. The van der Waals surface area contributed by atoms with Crippen molar-refractivity contribution in [3.63, 3.8) is 0 Å². The Morgan fingerprint density at radius 3 is 2.71 bits per heavy atom. The first-order valence-corrected chi connectivity index (χ1v) is 4.95. The molecule has 0 saturated heterocycles. The van der Waals surface area contributed by atoms with Crippen LogP contribution in [-0.2, 0) is 6.54 Å². The van der Waals surface area contributed by atoms with Crippen LogP contribution in [0.25, 0.3) is 0 Å². The number of aryl methyl sites for hydroxylation is 1. The maximum absolute atomic E-state index is 8.86. The highest BCUT2D eigenvalue weighted by molar-refractivity contribution is 5.08. The summed E-state index contributed by atoms with van der Waals surface area (Å²) < 4.78 is 2.12. The third kappa shape index (κ3) is 2.56. The van der Waals surface area contributed by atoms with Gasteiger partial charge in [-0.25, -0.2) is 4.98 Å². The highest BCUT2D eigenvalue weighted by Crippen LogP contribution is 2.06. The van der Waals surface area contributed by atoms with Crippen LogP contribution in [0.2, 0.25) is 0 Å². The predicted octanol–water partition coefficient (Wildman–Crippen LogP) is 0.470. The number of nitrogens with zero attached hydrogens (tertiary/aromatic N) is 2. The van der Waals surface area contributed by atoms with E-state index in [0.717, 1.165) is 18.7 Å². The van der Waals surface area contributed by atoms with Crippen LogP contribution in [0.4, 0.5) is 0 Å². The van der Waals surface area contributed by atoms with Crippen LogP contribution >= 0.6 is 0 Å². The number of aliphatic hydroxyl groups is 1. The van der Waals surface area contributed by atoms with Crippen LogP contribution in [0.15, 0.2) is 6.33 Å². The lowest BCUT2D eigenvalue weighted by molar-refractivity contribution is 0.260. The Labute approximate surface area is 85.0 Å². The molecule has 0 bridgehead atoms. The molecule has 1 rings (SSSR count). The number of hydrogen-bond donors (Lipinski definition) is 2. The van der Waals surface area contributed by atoms with Crippen LogP contribution in [0.3, 0.4) is 0 Å². The molecule has 14 heavy (non-hydrogen) atoms. The fourth-order valence-electron chi connectivity index (χ4n) is 1.45. The fraction of sp³-hybridized carbons (Fsp3) is 0.700. The highest BCUT2D eigenvalue weighted by Gasteiger charge is 2.08. The van der Waals surface area contributed by atoms with Crippen LogP contribution in [0.5, 0.6) is 0 Å². The number of nitrogens with one attached hydrogen (secondary N) is 1. The Hall–Kier alpha value is -0.870. The van der Waals surface area contributed by atoms with Crippen LogP contribution < -0.4 is 5.32 Å². The molecule has 0 saturated carbocycles. The van der Waals surface area contributed by atoms with Gasteiger partial charge in [-0.3, -0.25) is 0 Å². The van der Waals surface area contributed by atoms with Crippen molar-refractivity contribution < 1.29 is 5.11 Å². The lowest BCUT2D eigenvalue weighted by Gasteiger charge is -2.16. The minimum Gasteiger partial charge on any atom is -0.396 e. The van der Waals surface area contributed by atoms with Gasteiger partial charge in [0.05, 0.1) is 12.0 Å². The molecule has 4 heteroatoms. The largest absolute Gasteiger partial charge is 0.396 e. The molecule has 0 radical (unpaired) electrons. The van der Waals surface area contributed by atoms with E-state index in [2.05, 4.69) is 21.8 Å². The van der Waals surface area contributed by atoms with Gasteiger partial charge in [0, 0.05) is 24.9 Å². The first-order valence-electron chi connectivity index (χ1n) is 4.95. The molecule has 1 unspecified atom stereocenters. The summed E-state index contributed by atoms with van der Waals surface area (Å²) in [6, 6.07) is 0.312. The second kappa shape index (κ2) is 5.12. The molecule has 80 valence electrons. The van der Waals surface area contributed by atoms with E-state index in [0.29, 0.717) is 6.04 Å². The maximum atomic E-state index is 8.86. The van der Waals surface area contributed by atoms with Gasteiger partial charge in [0.15, 0.2) is 0 Å². The molecule has 0 fully saturated rings. The van der Waals surface area contributed by atoms with E-state index in [4.69, 9.17) is 5.11 Å². The van der Waals surface area contributed by atoms with E-state index >= 15 is 0 Å². The van der Waals surface area contributed by atoms with Crippen LogP contribution in [0.1, 0.15) is 17.8 Å². The van der Waals surface area contributed by atoms with Gasteiger partial charge in [0.25, 0.3) is 0 Å². The van der Waals surface area contributed by atoms with E-state index in [1.54, 1.807) is 0 Å². The zero-order chi connectivity index (χ0) is 10.6. The molecule has 0 aliphatic carbocycles. The summed E-state index contributed by atoms with van der Waals surface area (Å²) in [5, 5.41) is 12.0. The molecule has 0 aliphatic heterocycles. The third-order valence-electron chi connectivity index (χ3n) is 2.65. The molecule has 1 aromatic rings. The SMILES string of the molecule is CNC(CCO)Cn1cnc(C)c1C. The van der Waals surface area contributed by atoms with Gasteiger partial charge < -0.3 is 15.0 Å². The second-order valence-electron chi connectivity index (χ2n) is 3.57. The average Bonchev–Trinajstić information content (AvgIpc) is 2.49. The Bertz CT molecular complexity index is 283. The van der Waals surface area contributed by atoms with Gasteiger partial charge in [-0.2, -0.15) is 0 Å². The molecule has 1 heterocycles. The fourth-order valence-corrected chi connectivity index (χ4v) is 1.45. The zero-order valence-corrected chi connectivity index (χ0v) is 9.12. The van der Waals surface area contributed by atoms with Crippen molar-refractivity contribution in [2.75, 3.05) is 13.7 Å². The predicted molar refractivity (Wildman–Crippen MR) is 56.3 cm³/mol. The lowest BCUT2D eigenvalue weighted by Crippen LogP contribution is -2.31. The molecule has 1 atom stereocenters.